The predicted octanol–water partition coefficient (Wildman–Crippen LogP) is 7.45. The Morgan fingerprint density at radius 3 is 2.04 bits per heavy atom. The summed E-state index contributed by atoms with van der Waals surface area (Å²) in [6, 6.07) is 26.4. The summed E-state index contributed by atoms with van der Waals surface area (Å²) in [4.78, 5) is 0. The zero-order chi connectivity index (χ0) is 16.5. The standard InChI is InChI=1S/C22H16Br2/c23-13-15-9-10-17(14-24)21(11-15)22-12-16-5-1-2-6-18(16)19-7-3-4-8-20(19)22/h1-12H,13-14H2. The zero-order valence-corrected chi connectivity index (χ0v) is 16.3. The third kappa shape index (κ3) is 2.68. The monoisotopic (exact) mass is 438 g/mol. The summed E-state index contributed by atoms with van der Waals surface area (Å²) < 4.78 is 0. The minimum atomic E-state index is 0.853. The lowest BCUT2D eigenvalue weighted by molar-refractivity contribution is 1.36. The second-order valence-electron chi connectivity index (χ2n) is 5.95. The van der Waals surface area contributed by atoms with E-state index >= 15 is 0 Å². The molecule has 0 nitrogen and oxygen atoms in total. The Bertz CT molecular complexity index is 1030. The maximum absolute atomic E-state index is 3.65. The molecule has 0 amide bonds. The second-order valence-corrected chi connectivity index (χ2v) is 7.07. The van der Waals surface area contributed by atoms with Gasteiger partial charge in [0.05, 0.1) is 0 Å². The van der Waals surface area contributed by atoms with Crippen LogP contribution in [-0.2, 0) is 10.7 Å². The Labute approximate surface area is 158 Å². The molecular weight excluding hydrogens is 424 g/mol. The Balaban J connectivity index is 2.13. The topological polar surface area (TPSA) is 0 Å². The van der Waals surface area contributed by atoms with Crippen molar-refractivity contribution in [3.8, 4) is 11.1 Å². The molecule has 0 radical (unpaired) electrons. The van der Waals surface area contributed by atoms with Gasteiger partial charge in [0.1, 0.15) is 0 Å². The molecule has 0 fully saturated rings. The number of halogens is 2. The van der Waals surface area contributed by atoms with Gasteiger partial charge in [-0.1, -0.05) is 92.5 Å². The SMILES string of the molecule is BrCc1ccc(CBr)c(-c2cc3ccccc3c3ccccc23)c1. The zero-order valence-electron chi connectivity index (χ0n) is 13.1. The van der Waals surface area contributed by atoms with Crippen molar-refractivity contribution in [2.75, 3.05) is 0 Å². The first kappa shape index (κ1) is 15.9. The van der Waals surface area contributed by atoms with Crippen LogP contribution >= 0.6 is 31.9 Å². The van der Waals surface area contributed by atoms with Crippen molar-refractivity contribution in [1.29, 1.82) is 0 Å². The van der Waals surface area contributed by atoms with Gasteiger partial charge in [-0.2, -0.15) is 0 Å². The van der Waals surface area contributed by atoms with Crippen molar-refractivity contribution in [3.63, 3.8) is 0 Å². The number of hydrogen-bond acceptors (Lipinski definition) is 0. The van der Waals surface area contributed by atoms with Gasteiger partial charge < -0.3 is 0 Å². The van der Waals surface area contributed by atoms with Gasteiger partial charge in [-0.25, -0.2) is 0 Å². The summed E-state index contributed by atoms with van der Waals surface area (Å²) in [6.07, 6.45) is 0. The van der Waals surface area contributed by atoms with Crippen LogP contribution in [-0.4, -0.2) is 0 Å². The summed E-state index contributed by atoms with van der Waals surface area (Å²) in [6.45, 7) is 0. The number of fused-ring (bicyclic) bond motifs is 3. The Morgan fingerprint density at radius 2 is 1.29 bits per heavy atom. The average molecular weight is 440 g/mol. The van der Waals surface area contributed by atoms with Crippen molar-refractivity contribution in [2.24, 2.45) is 0 Å². The lowest BCUT2D eigenvalue weighted by Crippen LogP contribution is -1.91. The van der Waals surface area contributed by atoms with Crippen LogP contribution in [0.15, 0.2) is 72.8 Å². The van der Waals surface area contributed by atoms with E-state index in [0.29, 0.717) is 0 Å². The number of rotatable bonds is 3. The van der Waals surface area contributed by atoms with Gasteiger partial charge in [0.25, 0.3) is 0 Å². The molecule has 0 spiro atoms. The molecule has 0 aliphatic rings. The molecule has 0 saturated heterocycles. The molecule has 4 aromatic rings. The minimum Gasteiger partial charge on any atom is -0.0876 e. The number of benzene rings is 4. The first-order valence-electron chi connectivity index (χ1n) is 7.96. The van der Waals surface area contributed by atoms with E-state index in [9.17, 15) is 0 Å². The maximum Gasteiger partial charge on any atom is 0.0289 e. The molecule has 0 atom stereocenters. The molecule has 0 aliphatic carbocycles. The third-order valence-electron chi connectivity index (χ3n) is 4.53. The van der Waals surface area contributed by atoms with E-state index < -0.39 is 0 Å². The van der Waals surface area contributed by atoms with Gasteiger partial charge in [-0.05, 0) is 55.9 Å². The highest BCUT2D eigenvalue weighted by atomic mass is 79.9. The van der Waals surface area contributed by atoms with E-state index in [1.807, 2.05) is 0 Å². The molecule has 0 bridgehead atoms. The normalized spacial score (nSPS) is 11.2. The summed E-state index contributed by atoms with van der Waals surface area (Å²) in [7, 11) is 0. The van der Waals surface area contributed by atoms with E-state index in [1.54, 1.807) is 0 Å². The molecule has 4 rings (SSSR count). The largest absolute Gasteiger partial charge is 0.0876 e. The fourth-order valence-corrected chi connectivity index (χ4v) is 4.19. The van der Waals surface area contributed by atoms with E-state index in [0.717, 1.165) is 10.7 Å². The highest BCUT2D eigenvalue weighted by molar-refractivity contribution is 9.08. The molecule has 0 heterocycles. The van der Waals surface area contributed by atoms with Crippen LogP contribution in [0.4, 0.5) is 0 Å². The average Bonchev–Trinajstić information content (AvgIpc) is 2.67. The third-order valence-corrected chi connectivity index (χ3v) is 5.78. The Morgan fingerprint density at radius 1 is 0.583 bits per heavy atom. The van der Waals surface area contributed by atoms with Crippen LogP contribution < -0.4 is 0 Å². The van der Waals surface area contributed by atoms with Gasteiger partial charge in [0, 0.05) is 10.7 Å². The fourth-order valence-electron chi connectivity index (χ4n) is 3.35. The first-order valence-corrected chi connectivity index (χ1v) is 10.2. The predicted molar refractivity (Wildman–Crippen MR) is 112 cm³/mol. The molecule has 0 N–H and O–H groups in total. The lowest BCUT2D eigenvalue weighted by atomic mass is 9.90. The van der Waals surface area contributed by atoms with E-state index in [4.69, 9.17) is 0 Å². The molecule has 118 valence electrons. The van der Waals surface area contributed by atoms with E-state index in [2.05, 4.69) is 105 Å². The summed E-state index contributed by atoms with van der Waals surface area (Å²) in [5.74, 6) is 0. The molecule has 4 aromatic carbocycles. The van der Waals surface area contributed by atoms with Gasteiger partial charge in [-0.15, -0.1) is 0 Å². The van der Waals surface area contributed by atoms with Crippen molar-refractivity contribution in [2.45, 2.75) is 10.7 Å². The molecule has 0 saturated carbocycles. The fraction of sp³-hybridized carbons (Fsp3) is 0.0909. The van der Waals surface area contributed by atoms with Crippen molar-refractivity contribution in [1.82, 2.24) is 0 Å². The maximum atomic E-state index is 3.65. The smallest absolute Gasteiger partial charge is 0.0289 e. The van der Waals surface area contributed by atoms with Crippen LogP contribution in [0.1, 0.15) is 11.1 Å². The van der Waals surface area contributed by atoms with Crippen molar-refractivity contribution < 1.29 is 0 Å². The van der Waals surface area contributed by atoms with E-state index in [-0.39, 0.29) is 0 Å². The number of hydrogen-bond donors (Lipinski definition) is 0. The molecule has 0 unspecified atom stereocenters. The second kappa shape index (κ2) is 6.70. The van der Waals surface area contributed by atoms with Gasteiger partial charge in [-0.3, -0.25) is 0 Å². The van der Waals surface area contributed by atoms with Gasteiger partial charge in [0.15, 0.2) is 0 Å². The van der Waals surface area contributed by atoms with Crippen LogP contribution in [0.3, 0.4) is 0 Å². The first-order chi connectivity index (χ1) is 11.8. The molecule has 24 heavy (non-hydrogen) atoms. The summed E-state index contributed by atoms with van der Waals surface area (Å²) in [5.41, 5.74) is 5.24. The molecule has 0 aliphatic heterocycles. The molecule has 2 heteroatoms. The van der Waals surface area contributed by atoms with Gasteiger partial charge >= 0.3 is 0 Å². The highest BCUT2D eigenvalue weighted by Crippen LogP contribution is 2.37. The molecule has 0 aromatic heterocycles. The Kier molecular flexibility index (Phi) is 4.43. The van der Waals surface area contributed by atoms with Crippen LogP contribution in [0.5, 0.6) is 0 Å². The Hall–Kier alpha value is -1.64. The summed E-state index contributed by atoms with van der Waals surface area (Å²) in [5, 5.41) is 6.95. The number of alkyl halides is 2. The van der Waals surface area contributed by atoms with E-state index in [1.165, 1.54) is 43.8 Å². The van der Waals surface area contributed by atoms with Crippen LogP contribution in [0.25, 0.3) is 32.7 Å². The summed E-state index contributed by atoms with van der Waals surface area (Å²) >= 11 is 7.24. The lowest BCUT2D eigenvalue weighted by Gasteiger charge is -2.14. The van der Waals surface area contributed by atoms with Crippen molar-refractivity contribution in [3.05, 3.63) is 83.9 Å². The quantitative estimate of drug-likeness (QED) is 0.229. The van der Waals surface area contributed by atoms with Crippen LogP contribution in [0, 0.1) is 0 Å². The minimum absolute atomic E-state index is 0.853. The van der Waals surface area contributed by atoms with Gasteiger partial charge in [0.2, 0.25) is 0 Å². The molecular formula is C22H16Br2. The highest BCUT2D eigenvalue weighted by Gasteiger charge is 2.11. The van der Waals surface area contributed by atoms with Crippen LogP contribution in [0.2, 0.25) is 0 Å². The van der Waals surface area contributed by atoms with Crippen molar-refractivity contribution >= 4 is 53.4 Å².